The summed E-state index contributed by atoms with van der Waals surface area (Å²) in [7, 11) is 0. The molecule has 2 aliphatic heterocycles. The van der Waals surface area contributed by atoms with E-state index in [0.29, 0.717) is 32.0 Å². The van der Waals surface area contributed by atoms with Crippen LogP contribution in [0, 0.1) is 12.3 Å². The molecule has 4 rings (SSSR count). The van der Waals surface area contributed by atoms with E-state index in [-0.39, 0.29) is 11.3 Å². The van der Waals surface area contributed by atoms with Crippen molar-refractivity contribution in [1.29, 1.82) is 0 Å². The molecular formula is C17H21N3O3. The average molecular weight is 315 g/mol. The minimum atomic E-state index is -0.520. The summed E-state index contributed by atoms with van der Waals surface area (Å²) in [6.07, 6.45) is 1.88. The first-order valence-electron chi connectivity index (χ1n) is 7.90. The van der Waals surface area contributed by atoms with Crippen molar-refractivity contribution in [3.63, 3.8) is 0 Å². The summed E-state index contributed by atoms with van der Waals surface area (Å²) in [5, 5.41) is 0. The van der Waals surface area contributed by atoms with Gasteiger partial charge in [0.25, 0.3) is 5.91 Å². The summed E-state index contributed by atoms with van der Waals surface area (Å²) in [6, 6.07) is 5.74. The Labute approximate surface area is 135 Å². The van der Waals surface area contributed by atoms with E-state index in [0.717, 1.165) is 11.3 Å². The van der Waals surface area contributed by atoms with E-state index in [1.807, 2.05) is 54.5 Å². The first kappa shape index (κ1) is 14.7. The SMILES string of the molecule is Cc1nc2ccccn2c1C(=O)N1CC2(COC(C)(C)OC2)C1. The van der Waals surface area contributed by atoms with Gasteiger partial charge >= 0.3 is 0 Å². The molecule has 0 radical (unpaired) electrons. The van der Waals surface area contributed by atoms with Crippen LogP contribution in [0.4, 0.5) is 0 Å². The molecule has 1 amide bonds. The average Bonchev–Trinajstić information content (AvgIpc) is 2.80. The number of nitrogens with zero attached hydrogens (tertiary/aromatic N) is 3. The number of pyridine rings is 1. The van der Waals surface area contributed by atoms with Crippen molar-refractivity contribution in [1.82, 2.24) is 14.3 Å². The van der Waals surface area contributed by atoms with Gasteiger partial charge in [0.2, 0.25) is 0 Å². The van der Waals surface area contributed by atoms with Gasteiger partial charge in [-0.1, -0.05) is 6.07 Å². The van der Waals surface area contributed by atoms with Crippen LogP contribution in [-0.4, -0.2) is 52.3 Å². The molecule has 1 spiro atoms. The number of carbonyl (C=O) groups excluding carboxylic acids is 1. The molecule has 122 valence electrons. The second kappa shape index (κ2) is 4.79. The highest BCUT2D eigenvalue weighted by Crippen LogP contribution is 2.38. The first-order chi connectivity index (χ1) is 10.9. The summed E-state index contributed by atoms with van der Waals surface area (Å²) < 4.78 is 13.4. The minimum absolute atomic E-state index is 0.0247. The summed E-state index contributed by atoms with van der Waals surface area (Å²) in [4.78, 5) is 19.2. The molecule has 2 saturated heterocycles. The van der Waals surface area contributed by atoms with Crippen molar-refractivity contribution in [2.24, 2.45) is 5.41 Å². The van der Waals surface area contributed by atoms with Crippen LogP contribution in [0.25, 0.3) is 5.65 Å². The lowest BCUT2D eigenvalue weighted by atomic mass is 9.80. The summed E-state index contributed by atoms with van der Waals surface area (Å²) in [5.41, 5.74) is 2.15. The van der Waals surface area contributed by atoms with Gasteiger partial charge in [-0.25, -0.2) is 4.98 Å². The zero-order chi connectivity index (χ0) is 16.2. The topological polar surface area (TPSA) is 56.1 Å². The van der Waals surface area contributed by atoms with Crippen LogP contribution in [0.2, 0.25) is 0 Å². The second-order valence-electron chi connectivity index (χ2n) is 7.11. The van der Waals surface area contributed by atoms with Crippen LogP contribution < -0.4 is 0 Å². The van der Waals surface area contributed by atoms with Gasteiger partial charge < -0.3 is 14.4 Å². The summed E-state index contributed by atoms with van der Waals surface area (Å²) in [5.74, 6) is -0.495. The van der Waals surface area contributed by atoms with E-state index < -0.39 is 5.79 Å². The number of ether oxygens (including phenoxy) is 2. The van der Waals surface area contributed by atoms with Crippen LogP contribution >= 0.6 is 0 Å². The number of aromatic nitrogens is 2. The molecule has 0 saturated carbocycles. The third-order valence-corrected chi connectivity index (χ3v) is 4.70. The van der Waals surface area contributed by atoms with E-state index >= 15 is 0 Å². The van der Waals surface area contributed by atoms with E-state index in [4.69, 9.17) is 9.47 Å². The predicted molar refractivity (Wildman–Crippen MR) is 84.2 cm³/mol. The number of hydrogen-bond donors (Lipinski definition) is 0. The van der Waals surface area contributed by atoms with E-state index in [1.54, 1.807) is 0 Å². The molecule has 0 aliphatic carbocycles. The van der Waals surface area contributed by atoms with Gasteiger partial charge in [-0.05, 0) is 32.9 Å². The molecule has 6 nitrogen and oxygen atoms in total. The highest BCUT2D eigenvalue weighted by Gasteiger charge is 2.50. The fourth-order valence-corrected chi connectivity index (χ4v) is 3.35. The maximum absolute atomic E-state index is 12.9. The molecule has 0 N–H and O–H groups in total. The lowest BCUT2D eigenvalue weighted by molar-refractivity contribution is -0.301. The number of imidazole rings is 1. The van der Waals surface area contributed by atoms with Crippen molar-refractivity contribution in [3.8, 4) is 0 Å². The Bertz CT molecular complexity index is 762. The molecule has 0 unspecified atom stereocenters. The Kier molecular flexibility index (Phi) is 3.05. The first-order valence-corrected chi connectivity index (χ1v) is 7.90. The van der Waals surface area contributed by atoms with Crippen LogP contribution in [0.3, 0.4) is 0 Å². The maximum atomic E-state index is 12.9. The largest absolute Gasteiger partial charge is 0.350 e. The number of aryl methyl sites for hydroxylation is 1. The molecule has 2 fully saturated rings. The molecule has 2 aromatic rings. The van der Waals surface area contributed by atoms with Crippen molar-refractivity contribution >= 4 is 11.6 Å². The van der Waals surface area contributed by atoms with Gasteiger partial charge in [0.1, 0.15) is 11.3 Å². The Hall–Kier alpha value is -1.92. The highest BCUT2D eigenvalue weighted by molar-refractivity contribution is 5.95. The molecule has 6 heteroatoms. The van der Waals surface area contributed by atoms with Gasteiger partial charge in [0.15, 0.2) is 5.79 Å². The van der Waals surface area contributed by atoms with Gasteiger partial charge in [-0.3, -0.25) is 9.20 Å². The molecule has 0 aromatic carbocycles. The van der Waals surface area contributed by atoms with Crippen LogP contribution in [0.5, 0.6) is 0 Å². The van der Waals surface area contributed by atoms with Crippen molar-refractivity contribution in [2.75, 3.05) is 26.3 Å². The Morgan fingerprint density at radius 1 is 1.22 bits per heavy atom. The Balaban J connectivity index is 1.52. The van der Waals surface area contributed by atoms with Crippen LogP contribution in [-0.2, 0) is 9.47 Å². The minimum Gasteiger partial charge on any atom is -0.350 e. The number of fused-ring (bicyclic) bond motifs is 1. The third-order valence-electron chi connectivity index (χ3n) is 4.70. The van der Waals surface area contributed by atoms with Crippen molar-refractivity contribution < 1.29 is 14.3 Å². The number of rotatable bonds is 1. The van der Waals surface area contributed by atoms with E-state index in [2.05, 4.69) is 4.98 Å². The summed E-state index contributed by atoms with van der Waals surface area (Å²) in [6.45, 7) is 8.33. The van der Waals surface area contributed by atoms with E-state index in [1.165, 1.54) is 0 Å². The van der Waals surface area contributed by atoms with Gasteiger partial charge in [0.05, 0.1) is 24.3 Å². The Morgan fingerprint density at radius 2 is 1.91 bits per heavy atom. The van der Waals surface area contributed by atoms with Crippen molar-refractivity contribution in [2.45, 2.75) is 26.6 Å². The molecule has 0 bridgehead atoms. The van der Waals surface area contributed by atoms with Crippen LogP contribution in [0.15, 0.2) is 24.4 Å². The quantitative estimate of drug-likeness (QED) is 0.806. The lowest BCUT2D eigenvalue weighted by Gasteiger charge is -2.53. The predicted octanol–water partition coefficient (Wildman–Crippen LogP) is 1.87. The van der Waals surface area contributed by atoms with Crippen molar-refractivity contribution in [3.05, 3.63) is 35.8 Å². The number of hydrogen-bond acceptors (Lipinski definition) is 4. The standard InChI is InChI=1S/C17H21N3O3/c1-12-14(20-7-5-4-6-13(20)18-12)15(21)19-8-17(9-19)10-22-16(2,3)23-11-17/h4-7H,8-11H2,1-3H3. The summed E-state index contributed by atoms with van der Waals surface area (Å²) >= 11 is 0. The molecule has 0 atom stereocenters. The molecule has 2 aliphatic rings. The fourth-order valence-electron chi connectivity index (χ4n) is 3.35. The smallest absolute Gasteiger partial charge is 0.272 e. The normalized spacial score (nSPS) is 22.3. The molecule has 2 aromatic heterocycles. The fraction of sp³-hybridized carbons (Fsp3) is 0.529. The van der Waals surface area contributed by atoms with Gasteiger partial charge in [-0.15, -0.1) is 0 Å². The maximum Gasteiger partial charge on any atom is 0.272 e. The lowest BCUT2D eigenvalue weighted by Crippen LogP contribution is -2.66. The molecular weight excluding hydrogens is 294 g/mol. The van der Waals surface area contributed by atoms with E-state index in [9.17, 15) is 4.79 Å². The molecule has 23 heavy (non-hydrogen) atoms. The highest BCUT2D eigenvalue weighted by atomic mass is 16.7. The number of amides is 1. The molecule has 4 heterocycles. The third kappa shape index (κ3) is 2.33. The zero-order valence-corrected chi connectivity index (χ0v) is 13.7. The van der Waals surface area contributed by atoms with Gasteiger partial charge in [0, 0.05) is 19.3 Å². The Morgan fingerprint density at radius 3 is 2.61 bits per heavy atom. The van der Waals surface area contributed by atoms with Gasteiger partial charge in [-0.2, -0.15) is 0 Å². The van der Waals surface area contributed by atoms with Crippen LogP contribution in [0.1, 0.15) is 30.0 Å². The monoisotopic (exact) mass is 315 g/mol. The number of likely N-dealkylation sites (tertiary alicyclic amines) is 1. The zero-order valence-electron chi connectivity index (χ0n) is 13.7. The second-order valence-corrected chi connectivity index (χ2v) is 7.11. The number of carbonyl (C=O) groups is 1.